The van der Waals surface area contributed by atoms with E-state index in [1.54, 1.807) is 22.0 Å². The topological polar surface area (TPSA) is 77.3 Å². The average molecular weight is 404 g/mol. The molecule has 0 atom stereocenters. The third kappa shape index (κ3) is 3.36. The minimum absolute atomic E-state index is 0.0822. The number of esters is 1. The molecular weight excluding hydrogens is 380 g/mol. The van der Waals surface area contributed by atoms with Crippen LogP contribution >= 0.6 is 0 Å². The molecule has 7 heteroatoms. The van der Waals surface area contributed by atoms with Crippen molar-refractivity contribution in [3.63, 3.8) is 0 Å². The maximum absolute atomic E-state index is 13.2. The normalized spacial score (nSPS) is 15.6. The average Bonchev–Trinajstić information content (AvgIpc) is 3.20. The van der Waals surface area contributed by atoms with E-state index in [0.717, 1.165) is 11.3 Å². The molecule has 0 N–H and O–H groups in total. The predicted octanol–water partition coefficient (Wildman–Crippen LogP) is 2.92. The molecule has 30 heavy (non-hydrogen) atoms. The maximum atomic E-state index is 13.2. The number of rotatable bonds is 4. The van der Waals surface area contributed by atoms with E-state index in [-0.39, 0.29) is 11.9 Å². The van der Waals surface area contributed by atoms with Crippen LogP contribution in [0.25, 0.3) is 5.82 Å². The van der Waals surface area contributed by atoms with Crippen LogP contribution in [-0.2, 0) is 14.9 Å². The van der Waals surface area contributed by atoms with Gasteiger partial charge in [0.2, 0.25) is 0 Å². The van der Waals surface area contributed by atoms with E-state index in [1.807, 2.05) is 55.5 Å². The van der Waals surface area contributed by atoms with E-state index in [9.17, 15) is 9.59 Å². The van der Waals surface area contributed by atoms with Gasteiger partial charge < -0.3 is 9.64 Å². The Kier molecular flexibility index (Phi) is 5.35. The largest absolute Gasteiger partial charge is 0.468 e. The molecule has 0 unspecified atom stereocenters. The quantitative estimate of drug-likeness (QED) is 0.625. The monoisotopic (exact) mass is 404 g/mol. The van der Waals surface area contributed by atoms with E-state index in [2.05, 4.69) is 10.1 Å². The molecular formula is C23H24N4O3. The number of amides is 1. The van der Waals surface area contributed by atoms with Gasteiger partial charge in [0.05, 0.1) is 30.0 Å². The highest BCUT2D eigenvalue weighted by molar-refractivity contribution is 5.95. The van der Waals surface area contributed by atoms with E-state index >= 15 is 0 Å². The van der Waals surface area contributed by atoms with Crippen LogP contribution in [0, 0.1) is 6.92 Å². The number of hydrogen-bond acceptors (Lipinski definition) is 5. The van der Waals surface area contributed by atoms with Crippen molar-refractivity contribution >= 4 is 11.9 Å². The number of likely N-dealkylation sites (tertiary alicyclic amines) is 1. The molecule has 0 spiro atoms. The van der Waals surface area contributed by atoms with Crippen molar-refractivity contribution in [2.45, 2.75) is 25.2 Å². The molecule has 154 valence electrons. The summed E-state index contributed by atoms with van der Waals surface area (Å²) >= 11 is 0. The lowest BCUT2D eigenvalue weighted by molar-refractivity contribution is -0.149. The molecule has 4 rings (SSSR count). The fraction of sp³-hybridized carbons (Fsp3) is 0.304. The molecule has 1 aliphatic rings. The molecule has 0 radical (unpaired) electrons. The predicted molar refractivity (Wildman–Crippen MR) is 111 cm³/mol. The number of carbonyl (C=O) groups is 2. The van der Waals surface area contributed by atoms with Gasteiger partial charge in [-0.2, -0.15) is 5.10 Å². The Morgan fingerprint density at radius 1 is 1.03 bits per heavy atom. The second-order valence-corrected chi connectivity index (χ2v) is 7.48. The van der Waals surface area contributed by atoms with Gasteiger partial charge in [0.25, 0.3) is 5.91 Å². The second kappa shape index (κ2) is 8.10. The van der Waals surface area contributed by atoms with Gasteiger partial charge in [0, 0.05) is 19.3 Å². The van der Waals surface area contributed by atoms with E-state index in [4.69, 9.17) is 4.74 Å². The van der Waals surface area contributed by atoms with Crippen LogP contribution in [0.4, 0.5) is 0 Å². The third-order valence-electron chi connectivity index (χ3n) is 5.91. The number of pyridine rings is 1. The lowest BCUT2D eigenvalue weighted by atomic mass is 9.72. The molecule has 0 bridgehead atoms. The Morgan fingerprint density at radius 2 is 1.73 bits per heavy atom. The zero-order valence-electron chi connectivity index (χ0n) is 17.1. The summed E-state index contributed by atoms with van der Waals surface area (Å²) in [4.78, 5) is 32.0. The SMILES string of the molecule is COC(=O)C1(c2ccccc2)CCN(C(=O)c2cnn(-c3ccccn3)c2C)CC1. The van der Waals surface area contributed by atoms with Gasteiger partial charge in [-0.3, -0.25) is 9.59 Å². The molecule has 0 saturated carbocycles. The summed E-state index contributed by atoms with van der Waals surface area (Å²) in [7, 11) is 1.42. The van der Waals surface area contributed by atoms with Crippen LogP contribution in [-0.4, -0.2) is 51.7 Å². The lowest BCUT2D eigenvalue weighted by Crippen LogP contribution is -2.49. The van der Waals surface area contributed by atoms with Gasteiger partial charge in [-0.05, 0) is 37.5 Å². The molecule has 7 nitrogen and oxygen atoms in total. The first-order valence-corrected chi connectivity index (χ1v) is 9.96. The van der Waals surface area contributed by atoms with Crippen molar-refractivity contribution in [1.29, 1.82) is 0 Å². The van der Waals surface area contributed by atoms with Crippen LogP contribution in [0.15, 0.2) is 60.9 Å². The highest BCUT2D eigenvalue weighted by Gasteiger charge is 2.45. The zero-order valence-corrected chi connectivity index (χ0v) is 17.1. The summed E-state index contributed by atoms with van der Waals surface area (Å²) in [5, 5.41) is 4.35. The van der Waals surface area contributed by atoms with Crippen LogP contribution in [0.5, 0.6) is 0 Å². The molecule has 1 fully saturated rings. The number of aromatic nitrogens is 3. The molecule has 1 aromatic carbocycles. The summed E-state index contributed by atoms with van der Waals surface area (Å²) < 4.78 is 6.80. The number of ether oxygens (including phenoxy) is 1. The van der Waals surface area contributed by atoms with Crippen LogP contribution in [0.1, 0.15) is 34.5 Å². The van der Waals surface area contributed by atoms with Crippen LogP contribution in [0.2, 0.25) is 0 Å². The number of methoxy groups -OCH3 is 1. The van der Waals surface area contributed by atoms with Crippen molar-refractivity contribution in [2.24, 2.45) is 0 Å². The Bertz CT molecular complexity index is 1040. The highest BCUT2D eigenvalue weighted by atomic mass is 16.5. The van der Waals surface area contributed by atoms with Crippen LogP contribution < -0.4 is 0 Å². The van der Waals surface area contributed by atoms with Crippen molar-refractivity contribution in [2.75, 3.05) is 20.2 Å². The molecule has 1 aliphatic heterocycles. The van der Waals surface area contributed by atoms with Gasteiger partial charge >= 0.3 is 5.97 Å². The first-order chi connectivity index (χ1) is 14.6. The van der Waals surface area contributed by atoms with E-state index in [0.29, 0.717) is 37.3 Å². The number of benzene rings is 1. The fourth-order valence-corrected chi connectivity index (χ4v) is 4.15. The van der Waals surface area contributed by atoms with Crippen LogP contribution in [0.3, 0.4) is 0 Å². The van der Waals surface area contributed by atoms with E-state index < -0.39 is 5.41 Å². The molecule has 3 heterocycles. The Hall–Kier alpha value is -3.48. The van der Waals surface area contributed by atoms with Gasteiger partial charge in [0.1, 0.15) is 0 Å². The smallest absolute Gasteiger partial charge is 0.316 e. The van der Waals surface area contributed by atoms with Gasteiger partial charge in [0.15, 0.2) is 5.82 Å². The second-order valence-electron chi connectivity index (χ2n) is 7.48. The van der Waals surface area contributed by atoms with Crippen molar-refractivity contribution in [1.82, 2.24) is 19.7 Å². The van der Waals surface area contributed by atoms with Crippen molar-refractivity contribution in [3.8, 4) is 5.82 Å². The van der Waals surface area contributed by atoms with E-state index in [1.165, 1.54) is 7.11 Å². The lowest BCUT2D eigenvalue weighted by Gasteiger charge is -2.40. The first-order valence-electron chi connectivity index (χ1n) is 9.96. The number of nitrogens with zero attached hydrogens (tertiary/aromatic N) is 4. The summed E-state index contributed by atoms with van der Waals surface area (Å²) in [5.41, 5.74) is 1.50. The Labute approximate surface area is 175 Å². The fourth-order valence-electron chi connectivity index (χ4n) is 4.15. The minimum Gasteiger partial charge on any atom is -0.468 e. The molecule has 2 aromatic heterocycles. The number of piperidine rings is 1. The van der Waals surface area contributed by atoms with Gasteiger partial charge in [-0.25, -0.2) is 9.67 Å². The van der Waals surface area contributed by atoms with Crippen molar-refractivity contribution < 1.29 is 14.3 Å². The Morgan fingerprint density at radius 3 is 2.37 bits per heavy atom. The first kappa shape index (κ1) is 19.8. The highest BCUT2D eigenvalue weighted by Crippen LogP contribution is 2.37. The third-order valence-corrected chi connectivity index (χ3v) is 5.91. The number of hydrogen-bond donors (Lipinski definition) is 0. The standard InChI is InChI=1S/C23H24N4O3/c1-17-19(16-25-27(17)20-10-6-7-13-24-20)21(28)26-14-11-23(12-15-26,22(29)30-2)18-8-4-3-5-9-18/h3-10,13,16H,11-12,14-15H2,1-2H3. The summed E-state index contributed by atoms with van der Waals surface area (Å²) in [6, 6.07) is 15.2. The molecule has 0 aliphatic carbocycles. The van der Waals surface area contributed by atoms with Crippen molar-refractivity contribution in [3.05, 3.63) is 77.7 Å². The van der Waals surface area contributed by atoms with Gasteiger partial charge in [-0.15, -0.1) is 0 Å². The summed E-state index contributed by atoms with van der Waals surface area (Å²) in [5.74, 6) is 0.336. The Balaban J connectivity index is 1.55. The molecule has 3 aromatic rings. The minimum atomic E-state index is -0.722. The zero-order chi connectivity index (χ0) is 21.1. The maximum Gasteiger partial charge on any atom is 0.316 e. The summed E-state index contributed by atoms with van der Waals surface area (Å²) in [6.45, 7) is 2.80. The van der Waals surface area contributed by atoms with Gasteiger partial charge in [-0.1, -0.05) is 36.4 Å². The summed E-state index contributed by atoms with van der Waals surface area (Å²) in [6.07, 6.45) is 4.32. The number of carbonyl (C=O) groups excluding carboxylic acids is 2. The molecule has 1 saturated heterocycles. The molecule has 1 amide bonds.